The first-order chi connectivity index (χ1) is 17.0. The van der Waals surface area contributed by atoms with Gasteiger partial charge in [-0.25, -0.2) is 4.39 Å². The van der Waals surface area contributed by atoms with E-state index in [-0.39, 0.29) is 24.1 Å². The maximum absolute atomic E-state index is 14.1. The molecule has 0 bridgehead atoms. The molecule has 1 unspecified atom stereocenters. The molecule has 1 atom stereocenters. The molecule has 1 aromatic heterocycles. The molecule has 4 rings (SSSR count). The van der Waals surface area contributed by atoms with Crippen molar-refractivity contribution < 1.29 is 18.7 Å². The Morgan fingerprint density at radius 3 is 2.57 bits per heavy atom. The quantitative estimate of drug-likeness (QED) is 0.307. The number of halogens is 1. The van der Waals surface area contributed by atoms with E-state index in [0.717, 1.165) is 34.0 Å². The normalized spacial score (nSPS) is 11.9. The summed E-state index contributed by atoms with van der Waals surface area (Å²) >= 11 is 0. The number of hydrogen-bond donors (Lipinski definition) is 2. The summed E-state index contributed by atoms with van der Waals surface area (Å²) in [6.45, 7) is 2.60. The maximum Gasteiger partial charge on any atom is 0.220 e. The number of amides is 1. The van der Waals surface area contributed by atoms with Gasteiger partial charge in [-0.3, -0.25) is 4.79 Å². The summed E-state index contributed by atoms with van der Waals surface area (Å²) in [5.74, 6) is 0.667. The van der Waals surface area contributed by atoms with Gasteiger partial charge in [-0.05, 0) is 59.4 Å². The van der Waals surface area contributed by atoms with Gasteiger partial charge in [0.2, 0.25) is 5.91 Å². The van der Waals surface area contributed by atoms with Crippen LogP contribution >= 0.6 is 0 Å². The molecule has 3 aromatic carbocycles. The number of ether oxygens (including phenoxy) is 2. The summed E-state index contributed by atoms with van der Waals surface area (Å²) in [6, 6.07) is 18.4. The zero-order valence-corrected chi connectivity index (χ0v) is 20.4. The van der Waals surface area contributed by atoms with Gasteiger partial charge >= 0.3 is 0 Å². The number of carbonyl (C=O) groups excluding carboxylic acids is 1. The van der Waals surface area contributed by atoms with Gasteiger partial charge in [0.15, 0.2) is 11.5 Å². The van der Waals surface area contributed by atoms with Crippen LogP contribution in [-0.2, 0) is 17.6 Å². The number of nitrogens with one attached hydrogen (secondary N) is 2. The Bertz CT molecular complexity index is 1310. The number of aromatic nitrogens is 1. The van der Waals surface area contributed by atoms with E-state index in [1.807, 2.05) is 36.5 Å². The molecule has 0 fully saturated rings. The fraction of sp³-hybridized carbons (Fsp3) is 0.276. The van der Waals surface area contributed by atoms with Gasteiger partial charge in [-0.2, -0.15) is 0 Å². The summed E-state index contributed by atoms with van der Waals surface area (Å²) in [7, 11) is 3.20. The highest BCUT2D eigenvalue weighted by molar-refractivity contribution is 5.88. The lowest BCUT2D eigenvalue weighted by molar-refractivity contribution is -0.121. The number of para-hydroxylation sites is 1. The second-order valence-electron chi connectivity index (χ2n) is 8.54. The summed E-state index contributed by atoms with van der Waals surface area (Å²) in [4.78, 5) is 16.4. The molecule has 0 aliphatic rings. The SMILES string of the molecule is CCc1cccc2c(C(CC(=O)NCCc3ccc(OC)c(OC)c3)c3cccc(F)c3)c[nH]c12. The lowest BCUT2D eigenvalue weighted by Crippen LogP contribution is -2.27. The molecule has 35 heavy (non-hydrogen) atoms. The minimum Gasteiger partial charge on any atom is -0.493 e. The average molecular weight is 475 g/mol. The van der Waals surface area contributed by atoms with Crippen LogP contribution in [0.3, 0.4) is 0 Å². The number of carbonyl (C=O) groups is 1. The molecule has 6 heteroatoms. The standard InChI is InChI=1S/C29H31FN2O3/c1-4-20-7-6-10-23-25(18-32-29(20)23)24(21-8-5-9-22(30)16-21)17-28(33)31-14-13-19-11-12-26(34-2)27(15-19)35-3/h5-12,15-16,18,24,32H,4,13-14,17H2,1-3H3,(H,31,33). The molecule has 0 spiro atoms. The highest BCUT2D eigenvalue weighted by Crippen LogP contribution is 2.35. The molecule has 4 aromatic rings. The van der Waals surface area contributed by atoms with Crippen LogP contribution in [-0.4, -0.2) is 31.7 Å². The zero-order valence-electron chi connectivity index (χ0n) is 20.4. The first-order valence-corrected chi connectivity index (χ1v) is 11.9. The largest absolute Gasteiger partial charge is 0.493 e. The van der Waals surface area contributed by atoms with Crippen LogP contribution < -0.4 is 14.8 Å². The van der Waals surface area contributed by atoms with Gasteiger partial charge in [-0.1, -0.05) is 43.3 Å². The van der Waals surface area contributed by atoms with Gasteiger partial charge in [0, 0.05) is 36.0 Å². The molecule has 1 heterocycles. The van der Waals surface area contributed by atoms with Crippen molar-refractivity contribution in [1.82, 2.24) is 10.3 Å². The predicted octanol–water partition coefficient (Wildman–Crippen LogP) is 5.77. The smallest absolute Gasteiger partial charge is 0.220 e. The molecule has 182 valence electrons. The number of fused-ring (bicyclic) bond motifs is 1. The van der Waals surface area contributed by atoms with Crippen LogP contribution in [0.2, 0.25) is 0 Å². The van der Waals surface area contributed by atoms with Gasteiger partial charge in [0.1, 0.15) is 5.82 Å². The highest BCUT2D eigenvalue weighted by atomic mass is 19.1. The average Bonchev–Trinajstić information content (AvgIpc) is 3.31. The third kappa shape index (κ3) is 5.48. The molecular formula is C29H31FN2O3. The summed E-state index contributed by atoms with van der Waals surface area (Å²) in [5.41, 5.74) is 5.10. The Hall–Kier alpha value is -3.80. The van der Waals surface area contributed by atoms with Crippen LogP contribution in [0, 0.1) is 5.82 Å². The van der Waals surface area contributed by atoms with E-state index in [4.69, 9.17) is 9.47 Å². The maximum atomic E-state index is 14.1. The van der Waals surface area contributed by atoms with Crippen molar-refractivity contribution in [1.29, 1.82) is 0 Å². The molecule has 0 aliphatic heterocycles. The third-order valence-electron chi connectivity index (χ3n) is 6.41. The van der Waals surface area contributed by atoms with Crippen molar-refractivity contribution in [3.8, 4) is 11.5 Å². The van der Waals surface area contributed by atoms with Crippen LogP contribution in [0.1, 0.15) is 41.5 Å². The number of rotatable bonds is 10. The molecule has 0 radical (unpaired) electrons. The van der Waals surface area contributed by atoms with Crippen molar-refractivity contribution >= 4 is 16.8 Å². The van der Waals surface area contributed by atoms with Crippen LogP contribution in [0.5, 0.6) is 11.5 Å². The summed E-state index contributed by atoms with van der Waals surface area (Å²) < 4.78 is 24.8. The Balaban J connectivity index is 1.52. The second kappa shape index (κ2) is 11.1. The Kier molecular flexibility index (Phi) is 7.70. The van der Waals surface area contributed by atoms with Crippen molar-refractivity contribution in [2.24, 2.45) is 0 Å². The summed E-state index contributed by atoms with van der Waals surface area (Å²) in [5, 5.41) is 4.10. The van der Waals surface area contributed by atoms with Crippen molar-refractivity contribution in [3.05, 3.63) is 94.9 Å². The van der Waals surface area contributed by atoms with Crippen LogP contribution in [0.25, 0.3) is 10.9 Å². The molecular weight excluding hydrogens is 443 g/mol. The van der Waals surface area contributed by atoms with Crippen molar-refractivity contribution in [2.75, 3.05) is 20.8 Å². The van der Waals surface area contributed by atoms with Gasteiger partial charge in [0.25, 0.3) is 0 Å². The number of methoxy groups -OCH3 is 2. The van der Waals surface area contributed by atoms with Crippen molar-refractivity contribution in [3.63, 3.8) is 0 Å². The van der Waals surface area contributed by atoms with Crippen LogP contribution in [0.4, 0.5) is 4.39 Å². The molecule has 0 aliphatic carbocycles. The van der Waals surface area contributed by atoms with E-state index in [0.29, 0.717) is 24.5 Å². The summed E-state index contributed by atoms with van der Waals surface area (Å²) in [6.07, 6.45) is 3.73. The fourth-order valence-electron chi connectivity index (χ4n) is 4.59. The lowest BCUT2D eigenvalue weighted by Gasteiger charge is -2.18. The predicted molar refractivity (Wildman–Crippen MR) is 137 cm³/mol. The number of benzene rings is 3. The molecule has 0 saturated carbocycles. The van der Waals surface area contributed by atoms with Gasteiger partial charge in [0.05, 0.1) is 14.2 Å². The molecule has 1 amide bonds. The van der Waals surface area contributed by atoms with E-state index in [9.17, 15) is 9.18 Å². The first-order valence-electron chi connectivity index (χ1n) is 11.9. The van der Waals surface area contributed by atoms with Crippen molar-refractivity contribution in [2.45, 2.75) is 32.1 Å². The number of hydrogen-bond acceptors (Lipinski definition) is 3. The first kappa shape index (κ1) is 24.3. The van der Waals surface area contributed by atoms with E-state index in [1.54, 1.807) is 20.3 Å². The van der Waals surface area contributed by atoms with Gasteiger partial charge in [-0.15, -0.1) is 0 Å². The molecule has 0 saturated heterocycles. The Morgan fingerprint density at radius 2 is 1.83 bits per heavy atom. The third-order valence-corrected chi connectivity index (χ3v) is 6.41. The van der Waals surface area contributed by atoms with Gasteiger partial charge < -0.3 is 19.8 Å². The van der Waals surface area contributed by atoms with E-state index in [1.165, 1.54) is 17.7 Å². The van der Waals surface area contributed by atoms with E-state index < -0.39 is 0 Å². The second-order valence-corrected chi connectivity index (χ2v) is 8.54. The fourth-order valence-corrected chi connectivity index (χ4v) is 4.59. The minimum atomic E-state index is -0.310. The minimum absolute atomic E-state index is 0.0827. The number of H-pyrrole nitrogens is 1. The number of aryl methyl sites for hydroxylation is 1. The number of aromatic amines is 1. The highest BCUT2D eigenvalue weighted by Gasteiger charge is 2.22. The zero-order chi connectivity index (χ0) is 24.8. The molecule has 5 nitrogen and oxygen atoms in total. The Labute approximate surface area is 205 Å². The van der Waals surface area contributed by atoms with E-state index >= 15 is 0 Å². The molecule has 2 N–H and O–H groups in total. The van der Waals surface area contributed by atoms with Crippen LogP contribution in [0.15, 0.2) is 66.9 Å². The topological polar surface area (TPSA) is 63.4 Å². The Morgan fingerprint density at radius 1 is 1.03 bits per heavy atom. The van der Waals surface area contributed by atoms with E-state index in [2.05, 4.69) is 29.4 Å². The lowest BCUT2D eigenvalue weighted by atomic mass is 9.87. The monoisotopic (exact) mass is 474 g/mol.